The van der Waals surface area contributed by atoms with E-state index in [1.165, 1.54) is 24.3 Å². The van der Waals surface area contributed by atoms with Gasteiger partial charge in [-0.2, -0.15) is 4.98 Å². The highest BCUT2D eigenvalue weighted by Gasteiger charge is 2.23. The molecule has 1 aliphatic heterocycles. The number of hydrogen-bond acceptors (Lipinski definition) is 5. The van der Waals surface area contributed by atoms with Crippen molar-refractivity contribution < 1.29 is 18.4 Å². The van der Waals surface area contributed by atoms with Gasteiger partial charge in [0.05, 0.1) is 0 Å². The predicted molar refractivity (Wildman–Crippen MR) is 88.6 cm³/mol. The number of rotatable bonds is 6. The maximum Gasteiger partial charge on any atom is 0.260 e. The molecule has 1 aliphatic rings. The lowest BCUT2D eigenvalue weighted by Crippen LogP contribution is -2.41. The van der Waals surface area contributed by atoms with Crippen molar-refractivity contribution in [2.75, 3.05) is 19.7 Å². The van der Waals surface area contributed by atoms with Crippen LogP contribution in [0, 0.1) is 18.7 Å². The summed E-state index contributed by atoms with van der Waals surface area (Å²) in [5, 5.41) is 3.91. The van der Waals surface area contributed by atoms with Gasteiger partial charge in [-0.1, -0.05) is 5.16 Å². The van der Waals surface area contributed by atoms with Crippen molar-refractivity contribution in [2.24, 2.45) is 5.92 Å². The first-order valence-electron chi connectivity index (χ1n) is 8.55. The van der Waals surface area contributed by atoms with Crippen LogP contribution in [0.4, 0.5) is 4.39 Å². The standard InChI is InChI=1S/C18H22FN3O3/c1-13-20-17(21-25-13)7-2-14-8-10-22(11-9-14)18(23)12-24-16-5-3-15(19)4-6-16/h3-6,14H,2,7-12H2,1H3. The van der Waals surface area contributed by atoms with Crippen LogP contribution >= 0.6 is 0 Å². The highest BCUT2D eigenvalue weighted by atomic mass is 19.1. The van der Waals surface area contributed by atoms with Crippen molar-refractivity contribution in [3.8, 4) is 5.75 Å². The molecule has 6 nitrogen and oxygen atoms in total. The summed E-state index contributed by atoms with van der Waals surface area (Å²) in [6.45, 7) is 3.25. The minimum atomic E-state index is -0.322. The number of aromatic nitrogens is 2. The van der Waals surface area contributed by atoms with Gasteiger partial charge in [-0.05, 0) is 49.4 Å². The number of halogens is 1. The average molecular weight is 347 g/mol. The Labute approximate surface area is 146 Å². The average Bonchev–Trinajstić information content (AvgIpc) is 3.05. The molecule has 0 bridgehead atoms. The fraction of sp³-hybridized carbons (Fsp3) is 0.500. The summed E-state index contributed by atoms with van der Waals surface area (Å²) in [6.07, 6.45) is 3.76. The molecule has 1 saturated heterocycles. The molecule has 3 rings (SSSR count). The van der Waals surface area contributed by atoms with E-state index in [0.717, 1.165) is 44.6 Å². The van der Waals surface area contributed by atoms with Crippen LogP contribution in [0.25, 0.3) is 0 Å². The molecule has 134 valence electrons. The van der Waals surface area contributed by atoms with Gasteiger partial charge in [0.2, 0.25) is 5.89 Å². The molecule has 1 fully saturated rings. The van der Waals surface area contributed by atoms with Crippen molar-refractivity contribution in [1.82, 2.24) is 15.0 Å². The highest BCUT2D eigenvalue weighted by Crippen LogP contribution is 2.22. The monoisotopic (exact) mass is 347 g/mol. The van der Waals surface area contributed by atoms with Gasteiger partial charge in [-0.25, -0.2) is 4.39 Å². The SMILES string of the molecule is Cc1nc(CCC2CCN(C(=O)COc3ccc(F)cc3)CC2)no1. The predicted octanol–water partition coefficient (Wildman–Crippen LogP) is 2.77. The molecule has 0 N–H and O–H groups in total. The summed E-state index contributed by atoms with van der Waals surface area (Å²) in [7, 11) is 0. The number of carbonyl (C=O) groups is 1. The zero-order valence-corrected chi connectivity index (χ0v) is 14.3. The van der Waals surface area contributed by atoms with Crippen LogP contribution in [-0.2, 0) is 11.2 Å². The molecule has 1 aromatic heterocycles. The summed E-state index contributed by atoms with van der Waals surface area (Å²) in [5.41, 5.74) is 0. The fourth-order valence-electron chi connectivity index (χ4n) is 3.01. The van der Waals surface area contributed by atoms with E-state index < -0.39 is 0 Å². The third kappa shape index (κ3) is 5.01. The number of likely N-dealkylation sites (tertiary alicyclic amines) is 1. The van der Waals surface area contributed by atoms with E-state index in [9.17, 15) is 9.18 Å². The molecule has 7 heteroatoms. The second kappa shape index (κ2) is 8.09. The third-order valence-electron chi connectivity index (χ3n) is 4.49. The molecular weight excluding hydrogens is 325 g/mol. The maximum absolute atomic E-state index is 12.8. The maximum atomic E-state index is 12.8. The van der Waals surface area contributed by atoms with Gasteiger partial charge in [-0.15, -0.1) is 0 Å². The molecule has 0 unspecified atom stereocenters. The molecule has 1 amide bonds. The first kappa shape index (κ1) is 17.4. The fourth-order valence-corrected chi connectivity index (χ4v) is 3.01. The molecule has 0 saturated carbocycles. The second-order valence-electron chi connectivity index (χ2n) is 6.34. The van der Waals surface area contributed by atoms with Crippen LogP contribution in [0.15, 0.2) is 28.8 Å². The molecule has 2 heterocycles. The van der Waals surface area contributed by atoms with Crippen molar-refractivity contribution >= 4 is 5.91 Å². The summed E-state index contributed by atoms with van der Waals surface area (Å²) in [5.74, 6) is 2.06. The van der Waals surface area contributed by atoms with E-state index in [2.05, 4.69) is 10.1 Å². The van der Waals surface area contributed by atoms with Crippen molar-refractivity contribution in [3.05, 3.63) is 41.8 Å². The number of nitrogens with zero attached hydrogens (tertiary/aromatic N) is 3. The number of aryl methyl sites for hydroxylation is 2. The van der Waals surface area contributed by atoms with E-state index >= 15 is 0 Å². The van der Waals surface area contributed by atoms with Crippen LogP contribution in [0.2, 0.25) is 0 Å². The Morgan fingerprint density at radius 2 is 2.04 bits per heavy atom. The van der Waals surface area contributed by atoms with Crippen LogP contribution in [0.1, 0.15) is 31.0 Å². The number of hydrogen-bond donors (Lipinski definition) is 0. The Hall–Kier alpha value is -2.44. The smallest absolute Gasteiger partial charge is 0.260 e. The summed E-state index contributed by atoms with van der Waals surface area (Å²) >= 11 is 0. The van der Waals surface area contributed by atoms with Gasteiger partial charge in [0.25, 0.3) is 5.91 Å². The lowest BCUT2D eigenvalue weighted by molar-refractivity contribution is -0.134. The van der Waals surface area contributed by atoms with E-state index in [4.69, 9.17) is 9.26 Å². The quantitative estimate of drug-likeness (QED) is 0.804. The lowest BCUT2D eigenvalue weighted by atomic mass is 9.92. The highest BCUT2D eigenvalue weighted by molar-refractivity contribution is 5.77. The lowest BCUT2D eigenvalue weighted by Gasteiger charge is -2.31. The van der Waals surface area contributed by atoms with Crippen molar-refractivity contribution in [1.29, 1.82) is 0 Å². The molecule has 0 aliphatic carbocycles. The Morgan fingerprint density at radius 3 is 2.68 bits per heavy atom. The number of carbonyl (C=O) groups excluding carboxylic acids is 1. The molecule has 2 aromatic rings. The summed E-state index contributed by atoms with van der Waals surface area (Å²) in [4.78, 5) is 18.3. The largest absolute Gasteiger partial charge is 0.484 e. The van der Waals surface area contributed by atoms with Crippen molar-refractivity contribution in [2.45, 2.75) is 32.6 Å². The number of amides is 1. The zero-order chi connectivity index (χ0) is 17.6. The van der Waals surface area contributed by atoms with Crippen molar-refractivity contribution in [3.63, 3.8) is 0 Å². The number of benzene rings is 1. The molecule has 25 heavy (non-hydrogen) atoms. The first-order chi connectivity index (χ1) is 12.1. The number of ether oxygens (including phenoxy) is 1. The minimum Gasteiger partial charge on any atom is -0.484 e. The Kier molecular flexibility index (Phi) is 5.63. The normalized spacial score (nSPS) is 15.4. The van der Waals surface area contributed by atoms with Gasteiger partial charge in [-0.3, -0.25) is 4.79 Å². The van der Waals surface area contributed by atoms with Crippen LogP contribution in [0.5, 0.6) is 5.75 Å². The first-order valence-corrected chi connectivity index (χ1v) is 8.55. The van der Waals surface area contributed by atoms with Gasteiger partial charge >= 0.3 is 0 Å². The van der Waals surface area contributed by atoms with Gasteiger partial charge in [0.1, 0.15) is 11.6 Å². The molecule has 0 spiro atoms. The summed E-state index contributed by atoms with van der Waals surface area (Å²) < 4.78 is 23.2. The van der Waals surface area contributed by atoms with E-state index in [1.54, 1.807) is 6.92 Å². The van der Waals surface area contributed by atoms with Crippen LogP contribution < -0.4 is 4.74 Å². The second-order valence-corrected chi connectivity index (χ2v) is 6.34. The summed E-state index contributed by atoms with van der Waals surface area (Å²) in [6, 6.07) is 5.68. The van der Waals surface area contributed by atoms with E-state index in [-0.39, 0.29) is 18.3 Å². The topological polar surface area (TPSA) is 68.5 Å². The molecule has 0 atom stereocenters. The third-order valence-corrected chi connectivity index (χ3v) is 4.49. The van der Waals surface area contributed by atoms with Crippen LogP contribution in [0.3, 0.4) is 0 Å². The van der Waals surface area contributed by atoms with E-state index in [0.29, 0.717) is 17.6 Å². The Bertz CT molecular complexity index is 694. The van der Waals surface area contributed by atoms with Gasteiger partial charge in [0, 0.05) is 26.4 Å². The van der Waals surface area contributed by atoms with Crippen LogP contribution in [-0.4, -0.2) is 40.6 Å². The molecule has 1 aromatic carbocycles. The van der Waals surface area contributed by atoms with Gasteiger partial charge in [0.15, 0.2) is 12.4 Å². The zero-order valence-electron chi connectivity index (χ0n) is 14.3. The van der Waals surface area contributed by atoms with Gasteiger partial charge < -0.3 is 14.2 Å². The van der Waals surface area contributed by atoms with E-state index in [1.807, 2.05) is 4.90 Å². The molecular formula is C18H22FN3O3. The Morgan fingerprint density at radius 1 is 1.32 bits per heavy atom. The number of piperidine rings is 1. The molecule has 0 radical (unpaired) electrons. The Balaban J connectivity index is 1.37. The minimum absolute atomic E-state index is 0.0154.